The molecule has 8 heavy (non-hydrogen) atoms. The topological polar surface area (TPSA) is 15.3 Å². The number of hydrogen-bond acceptors (Lipinski definition) is 2. The number of nitrogens with zero attached hydrogens (tertiary/aromatic N) is 1. The summed E-state index contributed by atoms with van der Waals surface area (Å²) < 4.78 is 7.46. The van der Waals surface area contributed by atoms with Gasteiger partial charge >= 0.3 is 0 Å². The van der Waals surface area contributed by atoms with E-state index >= 15 is 0 Å². The summed E-state index contributed by atoms with van der Waals surface area (Å²) in [6.07, 6.45) is 1.21. The van der Waals surface area contributed by atoms with Gasteiger partial charge in [-0.3, -0.25) is 0 Å². The van der Waals surface area contributed by atoms with Crippen LogP contribution in [0.3, 0.4) is 0 Å². The molecule has 46 valence electrons. The van der Waals surface area contributed by atoms with Gasteiger partial charge in [-0.25, -0.2) is 0 Å². The quantitative estimate of drug-likeness (QED) is 0.462. The summed E-state index contributed by atoms with van der Waals surface area (Å²) in [5, 5.41) is 1.74. The minimum absolute atomic E-state index is 0.554. The first-order valence-electron chi connectivity index (χ1n) is 3.79. The largest absolute Gasteiger partial charge is 0.311 e. The maximum absolute atomic E-state index is 7.46. The Morgan fingerprint density at radius 2 is 2.62 bits per heavy atom. The number of nitrogens with one attached hydrogen (secondary N) is 1. The average Bonchev–Trinajstić information content (AvgIpc) is 2.25. The zero-order chi connectivity index (χ0) is 6.27. The molecule has 2 heteroatoms. The Morgan fingerprint density at radius 3 is 3.50 bits per heavy atom. The fraction of sp³-hybridized carbons (Fsp3) is 1.00. The van der Waals surface area contributed by atoms with Crippen LogP contribution in [0, 0.1) is 0 Å². The standard InChI is InChI=1S/C6H12N2/c1-3-8-4-2-7-6(1)5-8/h6-7H,1-5H2/i/hD. The molecule has 2 heterocycles. The van der Waals surface area contributed by atoms with Gasteiger partial charge in [0.2, 0.25) is 0 Å². The van der Waals surface area contributed by atoms with Crippen LogP contribution in [-0.2, 0) is 0 Å². The molecule has 0 saturated carbocycles. The first kappa shape index (κ1) is 3.85. The molecular weight excluding hydrogens is 100 g/mol. The molecule has 0 amide bonds. The molecule has 2 saturated heterocycles. The molecule has 2 unspecified atom stereocenters. The summed E-state index contributed by atoms with van der Waals surface area (Å²) in [4.78, 5) is 2.44. The molecule has 0 aromatic rings. The van der Waals surface area contributed by atoms with Crippen molar-refractivity contribution in [3.63, 3.8) is 0 Å². The second-order valence-electron chi connectivity index (χ2n) is 2.65. The van der Waals surface area contributed by atoms with Crippen LogP contribution in [-0.4, -0.2) is 37.1 Å². The van der Waals surface area contributed by atoms with Crippen molar-refractivity contribution in [3.05, 3.63) is 0 Å². The molecule has 2 bridgehead atoms. The lowest BCUT2D eigenvalue weighted by Crippen LogP contribution is -2.42. The molecule has 2 aliphatic heterocycles. The highest BCUT2D eigenvalue weighted by Gasteiger charge is 2.24. The van der Waals surface area contributed by atoms with Crippen LogP contribution in [0.1, 0.15) is 6.42 Å². The van der Waals surface area contributed by atoms with Gasteiger partial charge in [-0.05, 0) is 13.0 Å². The zero-order valence-electron chi connectivity index (χ0n) is 6.01. The zero-order valence-corrected chi connectivity index (χ0v) is 5.01. The lowest BCUT2D eigenvalue weighted by Gasteiger charge is -2.22. The van der Waals surface area contributed by atoms with Crippen molar-refractivity contribution >= 4 is 0 Å². The molecule has 2 atom stereocenters. The van der Waals surface area contributed by atoms with Crippen LogP contribution in [0.15, 0.2) is 0 Å². The minimum atomic E-state index is 0.554. The Labute approximate surface area is 51.3 Å². The van der Waals surface area contributed by atoms with Gasteiger partial charge in [0.1, 0.15) is 1.41 Å². The third-order valence-corrected chi connectivity index (χ3v) is 2.05. The molecular formula is C6H12N2. The molecule has 2 rings (SSSR count). The maximum atomic E-state index is 7.46. The first-order chi connectivity index (χ1) is 4.36. The van der Waals surface area contributed by atoms with Gasteiger partial charge in [-0.2, -0.15) is 0 Å². The van der Waals surface area contributed by atoms with Gasteiger partial charge in [0.15, 0.2) is 0 Å². The Kier molecular flexibility index (Phi) is 0.822. The van der Waals surface area contributed by atoms with Crippen LogP contribution < -0.4 is 5.31 Å². The normalized spacial score (nSPS) is 49.2. The van der Waals surface area contributed by atoms with E-state index in [1.807, 2.05) is 0 Å². The predicted octanol–water partition coefficient (Wildman–Crippen LogP) is -0.336. The Morgan fingerprint density at radius 1 is 1.62 bits per heavy atom. The van der Waals surface area contributed by atoms with E-state index in [4.69, 9.17) is 1.41 Å². The first-order valence-corrected chi connectivity index (χ1v) is 3.34. The van der Waals surface area contributed by atoms with E-state index in [2.05, 4.69) is 4.90 Å². The monoisotopic (exact) mass is 113 g/mol. The van der Waals surface area contributed by atoms with Crippen LogP contribution >= 0.6 is 0 Å². The van der Waals surface area contributed by atoms with E-state index in [0.717, 1.165) is 19.6 Å². The number of hydrogen-bond donors (Lipinski definition) is 1. The van der Waals surface area contributed by atoms with E-state index in [1.54, 1.807) is 5.31 Å². The molecule has 0 aromatic carbocycles. The van der Waals surface area contributed by atoms with Gasteiger partial charge in [-0.15, -0.1) is 0 Å². The predicted molar refractivity (Wildman–Crippen MR) is 32.8 cm³/mol. The van der Waals surface area contributed by atoms with Crippen molar-refractivity contribution in [3.8, 4) is 0 Å². The third kappa shape index (κ3) is 0.644. The van der Waals surface area contributed by atoms with Gasteiger partial charge in [0, 0.05) is 25.7 Å². The summed E-state index contributed by atoms with van der Waals surface area (Å²) in [5.74, 6) is 0. The van der Waals surface area contributed by atoms with Crippen molar-refractivity contribution in [2.45, 2.75) is 12.5 Å². The smallest absolute Gasteiger partial charge is 0.123 e. The summed E-state index contributed by atoms with van der Waals surface area (Å²) in [6.45, 7) is 4.42. The molecule has 0 aliphatic carbocycles. The molecule has 2 fully saturated rings. The maximum Gasteiger partial charge on any atom is 0.123 e. The Balaban J connectivity index is 2.05. The second kappa shape index (κ2) is 1.71. The van der Waals surface area contributed by atoms with Crippen LogP contribution in [0.2, 0.25) is 1.41 Å². The summed E-state index contributed by atoms with van der Waals surface area (Å²) in [5.41, 5.74) is 0. The molecule has 0 aromatic heterocycles. The van der Waals surface area contributed by atoms with E-state index in [1.165, 1.54) is 13.0 Å². The molecule has 0 spiro atoms. The third-order valence-electron chi connectivity index (χ3n) is 2.05. The number of piperazine rings is 1. The van der Waals surface area contributed by atoms with Crippen molar-refractivity contribution in [2.75, 3.05) is 26.2 Å². The lowest BCUT2D eigenvalue weighted by atomic mass is 10.2. The number of fused-ring (bicyclic) bond motifs is 2. The van der Waals surface area contributed by atoms with E-state index in [0.29, 0.717) is 6.04 Å². The summed E-state index contributed by atoms with van der Waals surface area (Å²) in [7, 11) is 0. The number of rotatable bonds is 0. The Bertz CT molecular complexity index is 118. The second-order valence-corrected chi connectivity index (χ2v) is 2.65. The molecule has 1 N–H and O–H groups in total. The summed E-state index contributed by atoms with van der Waals surface area (Å²) >= 11 is 0. The van der Waals surface area contributed by atoms with Crippen molar-refractivity contribution in [1.82, 2.24) is 10.2 Å². The van der Waals surface area contributed by atoms with Crippen LogP contribution in [0.5, 0.6) is 0 Å². The SMILES string of the molecule is [2H]N1CCN2CCC1C2. The van der Waals surface area contributed by atoms with Gasteiger partial charge in [0.05, 0.1) is 0 Å². The van der Waals surface area contributed by atoms with Crippen LogP contribution in [0.25, 0.3) is 0 Å². The van der Waals surface area contributed by atoms with Gasteiger partial charge in [0.25, 0.3) is 0 Å². The minimum Gasteiger partial charge on any atom is -0.311 e. The van der Waals surface area contributed by atoms with Crippen LogP contribution in [0.4, 0.5) is 0 Å². The fourth-order valence-corrected chi connectivity index (χ4v) is 1.55. The highest BCUT2D eigenvalue weighted by atomic mass is 15.2. The highest BCUT2D eigenvalue weighted by molar-refractivity contribution is 4.85. The van der Waals surface area contributed by atoms with E-state index in [9.17, 15) is 0 Å². The fourth-order valence-electron chi connectivity index (χ4n) is 1.55. The Hall–Kier alpha value is -0.0800. The average molecular weight is 113 g/mol. The highest BCUT2D eigenvalue weighted by Crippen LogP contribution is 2.10. The van der Waals surface area contributed by atoms with E-state index < -0.39 is 0 Å². The van der Waals surface area contributed by atoms with Crippen molar-refractivity contribution in [2.24, 2.45) is 0 Å². The van der Waals surface area contributed by atoms with Crippen molar-refractivity contribution in [1.29, 1.82) is 0 Å². The molecule has 0 radical (unpaired) electrons. The van der Waals surface area contributed by atoms with Gasteiger partial charge < -0.3 is 10.2 Å². The molecule has 2 nitrogen and oxygen atoms in total. The lowest BCUT2D eigenvalue weighted by molar-refractivity contribution is 0.289. The summed E-state index contributed by atoms with van der Waals surface area (Å²) in [6, 6.07) is 0.554. The molecule has 2 aliphatic rings. The van der Waals surface area contributed by atoms with Gasteiger partial charge in [-0.1, -0.05) is 0 Å². The van der Waals surface area contributed by atoms with E-state index in [-0.39, 0.29) is 0 Å². The van der Waals surface area contributed by atoms with Crippen molar-refractivity contribution < 1.29 is 1.41 Å².